The lowest BCUT2D eigenvalue weighted by Crippen LogP contribution is -2.20. The molecule has 3 rings (SSSR count). The van der Waals surface area contributed by atoms with Gasteiger partial charge in [0.25, 0.3) is 0 Å². The zero-order chi connectivity index (χ0) is 13.1. The Hall–Kier alpha value is -1.97. The standard InChI is InChI=1S/C15H20N4/c1-18-10-6-13(12-18)11-17-14-5-4-7-16-15(14)19-8-2-3-9-19/h4-7,10,12,17H,2-3,8-9,11H2,1H3. The summed E-state index contributed by atoms with van der Waals surface area (Å²) in [4.78, 5) is 6.90. The first-order chi connectivity index (χ1) is 9.33. The number of nitrogens with zero attached hydrogens (tertiary/aromatic N) is 3. The van der Waals surface area contributed by atoms with E-state index in [4.69, 9.17) is 0 Å². The van der Waals surface area contributed by atoms with Crippen LogP contribution in [0.4, 0.5) is 11.5 Å². The highest BCUT2D eigenvalue weighted by Gasteiger charge is 2.16. The molecule has 0 aliphatic carbocycles. The Morgan fingerprint density at radius 3 is 2.84 bits per heavy atom. The van der Waals surface area contributed by atoms with Gasteiger partial charge < -0.3 is 14.8 Å². The minimum absolute atomic E-state index is 0.841. The van der Waals surface area contributed by atoms with Gasteiger partial charge in [-0.05, 0) is 36.6 Å². The van der Waals surface area contributed by atoms with Crippen molar-refractivity contribution in [3.05, 3.63) is 42.4 Å². The molecule has 0 radical (unpaired) electrons. The largest absolute Gasteiger partial charge is 0.378 e. The molecular formula is C15H20N4. The maximum atomic E-state index is 4.54. The van der Waals surface area contributed by atoms with E-state index < -0.39 is 0 Å². The maximum absolute atomic E-state index is 4.54. The Morgan fingerprint density at radius 2 is 2.11 bits per heavy atom. The summed E-state index contributed by atoms with van der Waals surface area (Å²) in [5, 5.41) is 3.50. The van der Waals surface area contributed by atoms with Crippen LogP contribution >= 0.6 is 0 Å². The summed E-state index contributed by atoms with van der Waals surface area (Å²) >= 11 is 0. The third-order valence-corrected chi connectivity index (χ3v) is 3.57. The van der Waals surface area contributed by atoms with Crippen LogP contribution in [0.5, 0.6) is 0 Å². The summed E-state index contributed by atoms with van der Waals surface area (Å²) in [7, 11) is 2.04. The lowest BCUT2D eigenvalue weighted by molar-refractivity contribution is 0.918. The smallest absolute Gasteiger partial charge is 0.151 e. The molecule has 0 bridgehead atoms. The van der Waals surface area contributed by atoms with Crippen molar-refractivity contribution in [2.24, 2.45) is 7.05 Å². The Morgan fingerprint density at radius 1 is 1.26 bits per heavy atom. The molecule has 0 unspecified atom stereocenters. The quantitative estimate of drug-likeness (QED) is 0.913. The molecule has 4 nitrogen and oxygen atoms in total. The molecule has 1 N–H and O–H groups in total. The fraction of sp³-hybridized carbons (Fsp3) is 0.400. The molecule has 0 atom stereocenters. The highest BCUT2D eigenvalue weighted by molar-refractivity contribution is 5.65. The van der Waals surface area contributed by atoms with Crippen LogP contribution < -0.4 is 10.2 Å². The van der Waals surface area contributed by atoms with Crippen molar-refractivity contribution in [2.75, 3.05) is 23.3 Å². The number of pyridine rings is 1. The Labute approximate surface area is 114 Å². The van der Waals surface area contributed by atoms with E-state index in [-0.39, 0.29) is 0 Å². The van der Waals surface area contributed by atoms with Crippen LogP contribution in [0, 0.1) is 0 Å². The van der Waals surface area contributed by atoms with Gasteiger partial charge in [-0.3, -0.25) is 0 Å². The number of anilines is 2. The summed E-state index contributed by atoms with van der Waals surface area (Å²) in [5.74, 6) is 1.09. The van der Waals surface area contributed by atoms with E-state index in [1.807, 2.05) is 19.3 Å². The van der Waals surface area contributed by atoms with Crippen LogP contribution in [0.25, 0.3) is 0 Å². The van der Waals surface area contributed by atoms with E-state index in [0.717, 1.165) is 31.1 Å². The maximum Gasteiger partial charge on any atom is 0.151 e. The number of aromatic nitrogens is 2. The number of rotatable bonds is 4. The molecule has 2 aromatic rings. The van der Waals surface area contributed by atoms with Crippen LogP contribution in [0.3, 0.4) is 0 Å². The van der Waals surface area contributed by atoms with Gasteiger partial charge in [-0.2, -0.15) is 0 Å². The van der Waals surface area contributed by atoms with Gasteiger partial charge in [-0.25, -0.2) is 4.98 Å². The summed E-state index contributed by atoms with van der Waals surface area (Å²) in [6.07, 6.45) is 8.63. The second-order valence-electron chi connectivity index (χ2n) is 5.11. The first-order valence-electron chi connectivity index (χ1n) is 6.87. The van der Waals surface area contributed by atoms with Crippen LogP contribution in [-0.4, -0.2) is 22.6 Å². The van der Waals surface area contributed by atoms with Gasteiger partial charge >= 0.3 is 0 Å². The lowest BCUT2D eigenvalue weighted by atomic mass is 10.3. The van der Waals surface area contributed by atoms with Crippen molar-refractivity contribution < 1.29 is 0 Å². The fourth-order valence-corrected chi connectivity index (χ4v) is 2.58. The first kappa shape index (κ1) is 12.1. The lowest BCUT2D eigenvalue weighted by Gasteiger charge is -2.20. The molecule has 0 saturated carbocycles. The second-order valence-corrected chi connectivity index (χ2v) is 5.11. The number of hydrogen-bond acceptors (Lipinski definition) is 3. The summed E-state index contributed by atoms with van der Waals surface area (Å²) in [5.41, 5.74) is 2.42. The first-order valence-corrected chi connectivity index (χ1v) is 6.87. The molecular weight excluding hydrogens is 236 g/mol. The Bertz CT molecular complexity index is 541. The predicted molar refractivity (Wildman–Crippen MR) is 78.4 cm³/mol. The molecule has 0 spiro atoms. The van der Waals surface area contributed by atoms with Gasteiger partial charge in [0.15, 0.2) is 5.82 Å². The van der Waals surface area contributed by atoms with Crippen molar-refractivity contribution in [1.29, 1.82) is 0 Å². The molecule has 0 amide bonds. The number of hydrogen-bond donors (Lipinski definition) is 1. The van der Waals surface area contributed by atoms with Gasteiger partial charge in [-0.15, -0.1) is 0 Å². The minimum atomic E-state index is 0.841. The van der Waals surface area contributed by atoms with E-state index in [1.54, 1.807) is 0 Å². The van der Waals surface area contributed by atoms with E-state index in [1.165, 1.54) is 18.4 Å². The molecule has 100 valence electrons. The van der Waals surface area contributed by atoms with E-state index in [0.29, 0.717) is 0 Å². The van der Waals surface area contributed by atoms with Crippen LogP contribution in [0.15, 0.2) is 36.8 Å². The molecule has 2 aromatic heterocycles. The minimum Gasteiger partial charge on any atom is -0.378 e. The zero-order valence-corrected chi connectivity index (χ0v) is 11.3. The highest BCUT2D eigenvalue weighted by Crippen LogP contribution is 2.26. The third-order valence-electron chi connectivity index (χ3n) is 3.57. The number of aryl methyl sites for hydroxylation is 1. The van der Waals surface area contributed by atoms with Crippen molar-refractivity contribution in [3.63, 3.8) is 0 Å². The topological polar surface area (TPSA) is 33.1 Å². The molecule has 19 heavy (non-hydrogen) atoms. The van der Waals surface area contributed by atoms with Crippen LogP contribution in [0.2, 0.25) is 0 Å². The predicted octanol–water partition coefficient (Wildman–Crippen LogP) is 2.63. The van der Waals surface area contributed by atoms with Crippen molar-refractivity contribution in [3.8, 4) is 0 Å². The second kappa shape index (κ2) is 5.34. The normalized spacial score (nSPS) is 14.9. The molecule has 1 saturated heterocycles. The molecule has 1 aliphatic heterocycles. The van der Waals surface area contributed by atoms with Gasteiger partial charge in [0.1, 0.15) is 0 Å². The van der Waals surface area contributed by atoms with E-state index >= 15 is 0 Å². The highest BCUT2D eigenvalue weighted by atomic mass is 15.2. The third kappa shape index (κ3) is 2.72. The summed E-state index contributed by atoms with van der Waals surface area (Å²) < 4.78 is 2.07. The van der Waals surface area contributed by atoms with Gasteiger partial charge in [0.2, 0.25) is 0 Å². The van der Waals surface area contributed by atoms with Gasteiger partial charge in [0, 0.05) is 45.3 Å². The summed E-state index contributed by atoms with van der Waals surface area (Å²) in [6.45, 7) is 3.08. The van der Waals surface area contributed by atoms with Crippen molar-refractivity contribution in [1.82, 2.24) is 9.55 Å². The Balaban J connectivity index is 1.73. The van der Waals surface area contributed by atoms with E-state index in [9.17, 15) is 0 Å². The van der Waals surface area contributed by atoms with Gasteiger partial charge in [0.05, 0.1) is 5.69 Å². The van der Waals surface area contributed by atoms with Gasteiger partial charge in [-0.1, -0.05) is 0 Å². The molecule has 1 fully saturated rings. The molecule has 1 aliphatic rings. The Kier molecular flexibility index (Phi) is 3.40. The zero-order valence-electron chi connectivity index (χ0n) is 11.3. The monoisotopic (exact) mass is 256 g/mol. The SMILES string of the molecule is Cn1ccc(CNc2cccnc2N2CCCC2)c1. The average Bonchev–Trinajstić information content (AvgIpc) is 3.08. The molecule has 3 heterocycles. The average molecular weight is 256 g/mol. The van der Waals surface area contributed by atoms with Crippen molar-refractivity contribution in [2.45, 2.75) is 19.4 Å². The van der Waals surface area contributed by atoms with Crippen LogP contribution in [-0.2, 0) is 13.6 Å². The molecule has 4 heteroatoms. The molecule has 0 aromatic carbocycles. The van der Waals surface area contributed by atoms with Crippen molar-refractivity contribution >= 4 is 11.5 Å². The van der Waals surface area contributed by atoms with Crippen LogP contribution in [0.1, 0.15) is 18.4 Å². The summed E-state index contributed by atoms with van der Waals surface area (Å²) in [6, 6.07) is 6.25. The fourth-order valence-electron chi connectivity index (χ4n) is 2.58. The number of nitrogens with one attached hydrogen (secondary N) is 1. The van der Waals surface area contributed by atoms with E-state index in [2.05, 4.69) is 44.3 Å².